The summed E-state index contributed by atoms with van der Waals surface area (Å²) >= 11 is 0. The summed E-state index contributed by atoms with van der Waals surface area (Å²) in [6.07, 6.45) is 0.424. The predicted octanol–water partition coefficient (Wildman–Crippen LogP) is 4.47. The molecule has 4 heteroatoms. The van der Waals surface area contributed by atoms with Crippen LogP contribution in [0, 0.1) is 0 Å². The molecule has 1 aliphatic rings. The summed E-state index contributed by atoms with van der Waals surface area (Å²) in [5.41, 5.74) is 3.82. The molecule has 0 spiro atoms. The maximum absolute atomic E-state index is 10.4. The Kier molecular flexibility index (Phi) is 6.67. The molecule has 3 aromatic rings. The molecule has 0 saturated carbocycles. The molecule has 1 aliphatic heterocycles. The first-order valence-corrected chi connectivity index (χ1v) is 10.5. The second kappa shape index (κ2) is 9.79. The Morgan fingerprint density at radius 3 is 2.50 bits per heavy atom. The second-order valence-electron chi connectivity index (χ2n) is 7.91. The van der Waals surface area contributed by atoms with Gasteiger partial charge in [-0.15, -0.1) is 0 Å². The van der Waals surface area contributed by atoms with Gasteiger partial charge in [0, 0.05) is 18.0 Å². The van der Waals surface area contributed by atoms with Gasteiger partial charge in [-0.2, -0.15) is 0 Å². The topological polar surface area (TPSA) is 41.9 Å². The molecule has 0 saturated heterocycles. The first-order chi connectivity index (χ1) is 14.7. The minimum absolute atomic E-state index is 0.278. The lowest BCUT2D eigenvalue weighted by Crippen LogP contribution is -2.34. The highest BCUT2D eigenvalue weighted by molar-refractivity contribution is 5.46. The van der Waals surface area contributed by atoms with Crippen molar-refractivity contribution in [2.45, 2.75) is 25.0 Å². The predicted molar refractivity (Wildman–Crippen MR) is 119 cm³/mol. The third kappa shape index (κ3) is 5.02. The molecule has 3 aromatic carbocycles. The SMILES string of the molecule is CN(CCC1c2ccccc2COc2ccccc21)CC(O)COc1ccccc1. The van der Waals surface area contributed by atoms with Crippen LogP contribution in [0.25, 0.3) is 0 Å². The lowest BCUT2D eigenvalue weighted by atomic mass is 9.86. The van der Waals surface area contributed by atoms with Gasteiger partial charge in [0.25, 0.3) is 0 Å². The minimum atomic E-state index is -0.535. The molecule has 1 heterocycles. The Labute approximate surface area is 178 Å². The lowest BCUT2D eigenvalue weighted by molar-refractivity contribution is 0.0757. The van der Waals surface area contributed by atoms with Crippen LogP contribution in [0.4, 0.5) is 0 Å². The van der Waals surface area contributed by atoms with Gasteiger partial charge in [0.1, 0.15) is 30.8 Å². The van der Waals surface area contributed by atoms with E-state index in [1.165, 1.54) is 16.7 Å². The van der Waals surface area contributed by atoms with Gasteiger partial charge in [-0.25, -0.2) is 0 Å². The van der Waals surface area contributed by atoms with Crippen LogP contribution in [0.2, 0.25) is 0 Å². The largest absolute Gasteiger partial charge is 0.491 e. The van der Waals surface area contributed by atoms with E-state index in [1.807, 2.05) is 36.4 Å². The fourth-order valence-electron chi connectivity index (χ4n) is 4.10. The number of hydrogen-bond acceptors (Lipinski definition) is 4. The fraction of sp³-hybridized carbons (Fsp3) is 0.308. The summed E-state index contributed by atoms with van der Waals surface area (Å²) < 4.78 is 11.8. The van der Waals surface area contributed by atoms with Crippen LogP contribution >= 0.6 is 0 Å². The van der Waals surface area contributed by atoms with E-state index in [0.717, 1.165) is 24.5 Å². The van der Waals surface area contributed by atoms with Crippen molar-refractivity contribution in [1.82, 2.24) is 4.90 Å². The van der Waals surface area contributed by atoms with Crippen molar-refractivity contribution in [2.24, 2.45) is 0 Å². The Hall–Kier alpha value is -2.82. The number of ether oxygens (including phenoxy) is 2. The van der Waals surface area contributed by atoms with Gasteiger partial charge in [0.05, 0.1) is 0 Å². The van der Waals surface area contributed by atoms with Gasteiger partial charge in [-0.1, -0.05) is 60.7 Å². The molecule has 1 N–H and O–H groups in total. The molecule has 4 rings (SSSR count). The first kappa shape index (κ1) is 20.5. The zero-order valence-electron chi connectivity index (χ0n) is 17.4. The number of nitrogens with zero attached hydrogens (tertiary/aromatic N) is 1. The molecular formula is C26H29NO3. The van der Waals surface area contributed by atoms with Crippen LogP contribution in [0.3, 0.4) is 0 Å². The lowest BCUT2D eigenvalue weighted by Gasteiger charge is -2.24. The highest BCUT2D eigenvalue weighted by Crippen LogP contribution is 2.39. The summed E-state index contributed by atoms with van der Waals surface area (Å²) in [5, 5.41) is 10.4. The Balaban J connectivity index is 1.38. The summed E-state index contributed by atoms with van der Waals surface area (Å²) in [7, 11) is 2.05. The summed E-state index contributed by atoms with van der Waals surface area (Å²) in [5.74, 6) is 2.03. The highest BCUT2D eigenvalue weighted by atomic mass is 16.5. The molecule has 0 bridgehead atoms. The number of likely N-dealkylation sites (N-methyl/N-ethyl adjacent to an activating group) is 1. The molecular weight excluding hydrogens is 374 g/mol. The number of aliphatic hydroxyl groups excluding tert-OH is 1. The van der Waals surface area contributed by atoms with E-state index in [9.17, 15) is 5.11 Å². The summed E-state index contributed by atoms with van der Waals surface area (Å²) in [4.78, 5) is 2.18. The number of rotatable bonds is 8. The van der Waals surface area contributed by atoms with Crippen molar-refractivity contribution < 1.29 is 14.6 Å². The molecule has 30 heavy (non-hydrogen) atoms. The van der Waals surface area contributed by atoms with Gasteiger partial charge in [-0.3, -0.25) is 0 Å². The number of fused-ring (bicyclic) bond motifs is 2. The van der Waals surface area contributed by atoms with E-state index in [0.29, 0.717) is 13.2 Å². The normalized spacial score (nSPS) is 16.2. The monoisotopic (exact) mass is 403 g/mol. The summed E-state index contributed by atoms with van der Waals surface area (Å²) in [6, 6.07) is 26.5. The third-order valence-electron chi connectivity index (χ3n) is 5.62. The van der Waals surface area contributed by atoms with Crippen molar-refractivity contribution >= 4 is 0 Å². The molecule has 0 amide bonds. The van der Waals surface area contributed by atoms with Gasteiger partial charge in [-0.05, 0) is 49.3 Å². The van der Waals surface area contributed by atoms with Crippen LogP contribution < -0.4 is 9.47 Å². The standard InChI is InChI=1S/C26H29NO3/c1-27(17-21(28)19-29-22-10-3-2-4-11-22)16-15-24-23-12-6-5-9-20(23)18-30-26-14-8-7-13-25(24)26/h2-14,21,24,28H,15-19H2,1H3. The molecule has 2 unspecified atom stereocenters. The van der Waals surface area contributed by atoms with Crippen LogP contribution in [0.15, 0.2) is 78.9 Å². The maximum Gasteiger partial charge on any atom is 0.123 e. The van der Waals surface area contributed by atoms with Gasteiger partial charge >= 0.3 is 0 Å². The zero-order valence-corrected chi connectivity index (χ0v) is 17.4. The number of benzene rings is 3. The second-order valence-corrected chi connectivity index (χ2v) is 7.91. The molecule has 0 aliphatic carbocycles. The number of hydrogen-bond donors (Lipinski definition) is 1. The van der Waals surface area contributed by atoms with Crippen molar-refractivity contribution in [3.63, 3.8) is 0 Å². The smallest absolute Gasteiger partial charge is 0.123 e. The van der Waals surface area contributed by atoms with Crippen molar-refractivity contribution in [1.29, 1.82) is 0 Å². The van der Waals surface area contributed by atoms with Gasteiger partial charge < -0.3 is 19.5 Å². The van der Waals surface area contributed by atoms with E-state index in [2.05, 4.69) is 54.4 Å². The van der Waals surface area contributed by atoms with Gasteiger partial charge in [0.2, 0.25) is 0 Å². The highest BCUT2D eigenvalue weighted by Gasteiger charge is 2.24. The maximum atomic E-state index is 10.4. The van der Waals surface area contributed by atoms with E-state index in [1.54, 1.807) is 0 Å². The molecule has 0 radical (unpaired) electrons. The van der Waals surface area contributed by atoms with Crippen LogP contribution in [0.5, 0.6) is 11.5 Å². The molecule has 2 atom stereocenters. The summed E-state index contributed by atoms with van der Waals surface area (Å²) in [6.45, 7) is 2.33. The van der Waals surface area contributed by atoms with Crippen molar-refractivity contribution in [3.8, 4) is 11.5 Å². The zero-order chi connectivity index (χ0) is 20.8. The van der Waals surface area contributed by atoms with Crippen molar-refractivity contribution in [2.75, 3.05) is 26.7 Å². The van der Waals surface area contributed by atoms with E-state index in [4.69, 9.17) is 9.47 Å². The van der Waals surface area contributed by atoms with E-state index >= 15 is 0 Å². The minimum Gasteiger partial charge on any atom is -0.491 e. The molecule has 4 nitrogen and oxygen atoms in total. The molecule has 0 fully saturated rings. The first-order valence-electron chi connectivity index (χ1n) is 10.5. The number of aliphatic hydroxyl groups is 1. The Morgan fingerprint density at radius 2 is 1.67 bits per heavy atom. The van der Waals surface area contributed by atoms with Crippen LogP contribution in [-0.4, -0.2) is 42.9 Å². The van der Waals surface area contributed by atoms with Crippen LogP contribution in [0.1, 0.15) is 29.0 Å². The number of para-hydroxylation sites is 2. The van der Waals surface area contributed by atoms with Gasteiger partial charge in [0.15, 0.2) is 0 Å². The quantitative estimate of drug-likeness (QED) is 0.602. The third-order valence-corrected chi connectivity index (χ3v) is 5.62. The van der Waals surface area contributed by atoms with E-state index in [-0.39, 0.29) is 12.5 Å². The van der Waals surface area contributed by atoms with E-state index < -0.39 is 6.10 Å². The molecule has 0 aromatic heterocycles. The fourth-order valence-corrected chi connectivity index (χ4v) is 4.10. The van der Waals surface area contributed by atoms with Crippen molar-refractivity contribution in [3.05, 3.63) is 95.6 Å². The van der Waals surface area contributed by atoms with Crippen LogP contribution in [-0.2, 0) is 6.61 Å². The Morgan fingerprint density at radius 1 is 0.967 bits per heavy atom. The average molecular weight is 404 g/mol. The average Bonchev–Trinajstić information content (AvgIpc) is 2.94. The Bertz CT molecular complexity index is 896. The molecule has 156 valence electrons.